The Kier molecular flexibility index (Phi) is 3.01. The van der Waals surface area contributed by atoms with Crippen molar-refractivity contribution >= 4 is 27.5 Å². The van der Waals surface area contributed by atoms with Gasteiger partial charge in [0.15, 0.2) is 0 Å². The normalized spacial score (nSPS) is 20.2. The number of benzene rings is 1. The Hall–Kier alpha value is -1.16. The van der Waals surface area contributed by atoms with Gasteiger partial charge in [0.1, 0.15) is 11.4 Å². The molecule has 2 nitrogen and oxygen atoms in total. The highest BCUT2D eigenvalue weighted by molar-refractivity contribution is 9.10. The van der Waals surface area contributed by atoms with Crippen LogP contribution in [-0.4, -0.2) is 11.1 Å². The Labute approximate surface area is 119 Å². The molecule has 1 aromatic carbocycles. The second-order valence-corrected chi connectivity index (χ2v) is 6.46. The van der Waals surface area contributed by atoms with Gasteiger partial charge >= 0.3 is 5.97 Å². The van der Waals surface area contributed by atoms with Gasteiger partial charge in [0, 0.05) is 4.47 Å². The Balaban J connectivity index is 2.04. The van der Waals surface area contributed by atoms with Crippen LogP contribution < -0.4 is 0 Å². The molecule has 0 aromatic heterocycles. The number of rotatable bonds is 2. The topological polar surface area (TPSA) is 37.3 Å². The smallest absolute Gasteiger partial charge is 0.339 e. The largest absolute Gasteiger partial charge is 0.478 e. The molecule has 1 spiro atoms. The minimum absolute atomic E-state index is 0.207. The number of hydrogen-bond donors (Lipinski definition) is 1. The minimum atomic E-state index is -1.20. The number of aromatic carboxylic acids is 1. The van der Waals surface area contributed by atoms with Crippen LogP contribution in [0.3, 0.4) is 0 Å². The van der Waals surface area contributed by atoms with Gasteiger partial charge in [-0.25, -0.2) is 9.18 Å². The molecule has 100 valence electrons. The van der Waals surface area contributed by atoms with E-state index in [0.29, 0.717) is 15.5 Å². The molecule has 1 fully saturated rings. The van der Waals surface area contributed by atoms with E-state index in [1.54, 1.807) is 6.07 Å². The fourth-order valence-electron chi connectivity index (χ4n) is 2.86. The van der Waals surface area contributed by atoms with Crippen LogP contribution >= 0.6 is 15.9 Å². The van der Waals surface area contributed by atoms with Crippen molar-refractivity contribution < 1.29 is 14.3 Å². The monoisotopic (exact) mass is 324 g/mol. The summed E-state index contributed by atoms with van der Waals surface area (Å²) in [4.78, 5) is 11.3. The molecule has 19 heavy (non-hydrogen) atoms. The highest BCUT2D eigenvalue weighted by atomic mass is 79.9. The summed E-state index contributed by atoms with van der Waals surface area (Å²) in [5.74, 6) is -1.88. The van der Waals surface area contributed by atoms with Crippen LogP contribution in [0, 0.1) is 11.2 Å². The zero-order valence-corrected chi connectivity index (χ0v) is 12.0. The Morgan fingerprint density at radius 3 is 2.58 bits per heavy atom. The lowest BCUT2D eigenvalue weighted by Gasteiger charge is -2.22. The van der Waals surface area contributed by atoms with E-state index in [1.807, 2.05) is 0 Å². The van der Waals surface area contributed by atoms with Crippen molar-refractivity contribution in [1.82, 2.24) is 0 Å². The Morgan fingerprint density at radius 1 is 1.32 bits per heavy atom. The van der Waals surface area contributed by atoms with E-state index in [9.17, 15) is 14.3 Å². The molecule has 0 amide bonds. The first-order valence-electron chi connectivity index (χ1n) is 6.43. The van der Waals surface area contributed by atoms with E-state index in [0.717, 1.165) is 24.8 Å². The molecule has 2 aliphatic carbocycles. The molecular weight excluding hydrogens is 311 g/mol. The van der Waals surface area contributed by atoms with Crippen molar-refractivity contribution in [2.24, 2.45) is 5.41 Å². The van der Waals surface area contributed by atoms with Gasteiger partial charge in [-0.3, -0.25) is 0 Å². The highest BCUT2D eigenvalue weighted by Gasteiger charge is 2.43. The molecule has 1 N–H and O–H groups in total. The molecule has 0 aliphatic heterocycles. The van der Waals surface area contributed by atoms with Crippen LogP contribution in [0.15, 0.2) is 22.7 Å². The summed E-state index contributed by atoms with van der Waals surface area (Å²) in [7, 11) is 0. The minimum Gasteiger partial charge on any atom is -0.478 e. The van der Waals surface area contributed by atoms with Crippen LogP contribution in [0.5, 0.6) is 0 Å². The lowest BCUT2D eigenvalue weighted by molar-refractivity contribution is 0.0691. The van der Waals surface area contributed by atoms with E-state index in [2.05, 4.69) is 22.0 Å². The number of carboxylic acid groups (broad SMARTS) is 1. The molecule has 0 atom stereocenters. The molecule has 0 unspecified atom stereocenters. The van der Waals surface area contributed by atoms with Crippen molar-refractivity contribution in [3.8, 4) is 0 Å². The molecule has 2 aliphatic rings. The molecule has 3 rings (SSSR count). The molecule has 0 saturated heterocycles. The lowest BCUT2D eigenvalue weighted by atomic mass is 9.83. The second-order valence-electron chi connectivity index (χ2n) is 5.55. The van der Waals surface area contributed by atoms with E-state index in [1.165, 1.54) is 18.9 Å². The quantitative estimate of drug-likeness (QED) is 0.860. The fourth-order valence-corrected chi connectivity index (χ4v) is 3.29. The van der Waals surface area contributed by atoms with Crippen LogP contribution in [0.4, 0.5) is 4.39 Å². The van der Waals surface area contributed by atoms with Gasteiger partial charge in [-0.05, 0) is 60.8 Å². The zero-order chi connectivity index (χ0) is 13.6. The molecule has 0 radical (unpaired) electrons. The van der Waals surface area contributed by atoms with Crippen molar-refractivity contribution in [2.45, 2.75) is 32.1 Å². The average molecular weight is 325 g/mol. The first-order valence-corrected chi connectivity index (χ1v) is 7.22. The number of carbonyl (C=O) groups is 1. The van der Waals surface area contributed by atoms with Gasteiger partial charge in [0.2, 0.25) is 0 Å². The summed E-state index contributed by atoms with van der Waals surface area (Å²) >= 11 is 3.24. The first-order chi connectivity index (χ1) is 9.01. The maximum atomic E-state index is 13.8. The maximum absolute atomic E-state index is 13.8. The molecular formula is C15H14BrFO2. The molecule has 0 heterocycles. The third kappa shape index (κ3) is 2.34. The van der Waals surface area contributed by atoms with Gasteiger partial charge in [0.05, 0.1) is 0 Å². The SMILES string of the molecule is O=C(O)c1c(F)cc(Br)cc1C1=CCC2(CC1)CC2. The van der Waals surface area contributed by atoms with Gasteiger partial charge < -0.3 is 5.11 Å². The number of allylic oxidation sites excluding steroid dienone is 2. The van der Waals surface area contributed by atoms with Gasteiger partial charge in [-0.15, -0.1) is 0 Å². The maximum Gasteiger partial charge on any atom is 0.339 e. The van der Waals surface area contributed by atoms with Crippen LogP contribution in [0.25, 0.3) is 5.57 Å². The van der Waals surface area contributed by atoms with E-state index in [-0.39, 0.29) is 5.56 Å². The van der Waals surface area contributed by atoms with Gasteiger partial charge in [-0.2, -0.15) is 0 Å². The van der Waals surface area contributed by atoms with Crippen LogP contribution in [0.2, 0.25) is 0 Å². The van der Waals surface area contributed by atoms with Gasteiger partial charge in [0.25, 0.3) is 0 Å². The highest BCUT2D eigenvalue weighted by Crippen LogP contribution is 2.56. The Morgan fingerprint density at radius 2 is 2.05 bits per heavy atom. The number of halogens is 2. The molecule has 1 aromatic rings. The molecule has 1 saturated carbocycles. The zero-order valence-electron chi connectivity index (χ0n) is 10.4. The third-order valence-electron chi connectivity index (χ3n) is 4.28. The van der Waals surface area contributed by atoms with Crippen molar-refractivity contribution in [1.29, 1.82) is 0 Å². The predicted octanol–water partition coefficient (Wildman–Crippen LogP) is 4.63. The summed E-state index contributed by atoms with van der Waals surface area (Å²) in [5.41, 5.74) is 1.77. The predicted molar refractivity (Wildman–Crippen MR) is 74.6 cm³/mol. The van der Waals surface area contributed by atoms with Crippen LogP contribution in [-0.2, 0) is 0 Å². The number of hydrogen-bond acceptors (Lipinski definition) is 1. The van der Waals surface area contributed by atoms with Crippen LogP contribution in [0.1, 0.15) is 48.0 Å². The summed E-state index contributed by atoms with van der Waals surface area (Å²) in [6, 6.07) is 2.92. The fraction of sp³-hybridized carbons (Fsp3) is 0.400. The van der Waals surface area contributed by atoms with Gasteiger partial charge in [-0.1, -0.05) is 22.0 Å². The average Bonchev–Trinajstić information content (AvgIpc) is 3.08. The van der Waals surface area contributed by atoms with Crippen molar-refractivity contribution in [3.63, 3.8) is 0 Å². The summed E-state index contributed by atoms with van der Waals surface area (Å²) in [5, 5.41) is 9.20. The second kappa shape index (κ2) is 4.44. The summed E-state index contributed by atoms with van der Waals surface area (Å²) in [6.07, 6.45) is 7.58. The molecule has 0 bridgehead atoms. The van der Waals surface area contributed by atoms with Crippen molar-refractivity contribution in [2.75, 3.05) is 0 Å². The lowest BCUT2D eigenvalue weighted by Crippen LogP contribution is -2.10. The third-order valence-corrected chi connectivity index (χ3v) is 4.74. The summed E-state index contributed by atoms with van der Waals surface area (Å²) < 4.78 is 14.4. The molecule has 4 heteroatoms. The first kappa shape index (κ1) is 12.9. The Bertz CT molecular complexity index is 588. The van der Waals surface area contributed by atoms with E-state index < -0.39 is 11.8 Å². The van der Waals surface area contributed by atoms with Crippen molar-refractivity contribution in [3.05, 3.63) is 39.6 Å². The van der Waals surface area contributed by atoms with E-state index in [4.69, 9.17) is 0 Å². The number of carboxylic acids is 1. The summed E-state index contributed by atoms with van der Waals surface area (Å²) in [6.45, 7) is 0. The van der Waals surface area contributed by atoms with E-state index >= 15 is 0 Å². The standard InChI is InChI=1S/C15H14BrFO2/c16-10-7-11(13(14(18)19)12(17)8-10)9-1-3-15(4-2-9)5-6-15/h1,7-8H,2-6H2,(H,18,19).